The molecule has 1 saturated heterocycles. The summed E-state index contributed by atoms with van der Waals surface area (Å²) in [5.41, 5.74) is 0. The second-order valence-electron chi connectivity index (χ2n) is 6.64. The van der Waals surface area contributed by atoms with Crippen molar-refractivity contribution in [3.05, 3.63) is 0 Å². The number of amides is 1. The summed E-state index contributed by atoms with van der Waals surface area (Å²) in [5.74, 6) is 2.85. The molecule has 0 aromatic heterocycles. The molecule has 3 aliphatic rings. The Kier molecular flexibility index (Phi) is 5.13. The standard InChI is InChI=1S/C15H26N2O.ClH/c1-10(13-9-11-5-6-12(13)8-11)17-15(18)14-4-2-3-7-16-14;/h10-14,16H,2-9H2,1H3,(H,17,18);1H/t10?,11?,12?,13?,14-;/m1./s1. The fourth-order valence-electron chi connectivity index (χ4n) is 4.41. The van der Waals surface area contributed by atoms with Crippen molar-refractivity contribution in [1.29, 1.82) is 0 Å². The van der Waals surface area contributed by atoms with Gasteiger partial charge in [-0.15, -0.1) is 12.4 Å². The Morgan fingerprint density at radius 1 is 1.21 bits per heavy atom. The zero-order valence-electron chi connectivity index (χ0n) is 11.9. The highest BCUT2D eigenvalue weighted by atomic mass is 35.5. The molecule has 19 heavy (non-hydrogen) atoms. The quantitative estimate of drug-likeness (QED) is 0.837. The van der Waals surface area contributed by atoms with Gasteiger partial charge in [0.25, 0.3) is 0 Å². The van der Waals surface area contributed by atoms with E-state index in [1.807, 2.05) is 0 Å². The van der Waals surface area contributed by atoms with Crippen LogP contribution in [0.15, 0.2) is 0 Å². The van der Waals surface area contributed by atoms with Crippen molar-refractivity contribution in [2.75, 3.05) is 6.54 Å². The third-order valence-corrected chi connectivity index (χ3v) is 5.43. The van der Waals surface area contributed by atoms with Gasteiger partial charge in [0.15, 0.2) is 0 Å². The first-order valence-corrected chi connectivity index (χ1v) is 7.78. The maximum atomic E-state index is 12.2. The second kappa shape index (κ2) is 6.45. The summed E-state index contributed by atoms with van der Waals surface area (Å²) in [4.78, 5) is 12.2. The molecule has 110 valence electrons. The number of carbonyl (C=O) groups is 1. The first-order valence-electron chi connectivity index (χ1n) is 7.78. The molecular formula is C15H27ClN2O. The molecule has 0 aromatic rings. The van der Waals surface area contributed by atoms with Crippen LogP contribution in [-0.4, -0.2) is 24.5 Å². The Balaban J connectivity index is 0.00000133. The second-order valence-corrected chi connectivity index (χ2v) is 6.64. The van der Waals surface area contributed by atoms with E-state index < -0.39 is 0 Å². The van der Waals surface area contributed by atoms with Gasteiger partial charge >= 0.3 is 0 Å². The van der Waals surface area contributed by atoms with Crippen LogP contribution in [0.25, 0.3) is 0 Å². The Hall–Kier alpha value is -0.280. The van der Waals surface area contributed by atoms with Gasteiger partial charge in [-0.2, -0.15) is 0 Å². The van der Waals surface area contributed by atoms with Crippen molar-refractivity contribution in [1.82, 2.24) is 10.6 Å². The molecule has 2 N–H and O–H groups in total. The summed E-state index contributed by atoms with van der Waals surface area (Å²) in [6.45, 7) is 3.21. The topological polar surface area (TPSA) is 41.1 Å². The minimum atomic E-state index is 0. The van der Waals surface area contributed by atoms with Gasteiger partial charge in [-0.25, -0.2) is 0 Å². The Labute approximate surface area is 122 Å². The number of fused-ring (bicyclic) bond motifs is 2. The van der Waals surface area contributed by atoms with Crippen LogP contribution in [-0.2, 0) is 4.79 Å². The van der Waals surface area contributed by atoms with Crippen LogP contribution in [0.1, 0.15) is 51.9 Å². The lowest BCUT2D eigenvalue weighted by Crippen LogP contribution is -2.51. The Bertz CT molecular complexity index is 317. The van der Waals surface area contributed by atoms with Crippen LogP contribution in [0.3, 0.4) is 0 Å². The van der Waals surface area contributed by atoms with Gasteiger partial charge in [0.2, 0.25) is 5.91 Å². The van der Waals surface area contributed by atoms with E-state index in [2.05, 4.69) is 17.6 Å². The molecule has 1 heterocycles. The summed E-state index contributed by atoms with van der Waals surface area (Å²) in [7, 11) is 0. The van der Waals surface area contributed by atoms with Crippen molar-refractivity contribution in [3.63, 3.8) is 0 Å². The molecule has 0 radical (unpaired) electrons. The fourth-order valence-corrected chi connectivity index (χ4v) is 4.41. The molecule has 3 nitrogen and oxygen atoms in total. The van der Waals surface area contributed by atoms with Crippen LogP contribution in [0.2, 0.25) is 0 Å². The van der Waals surface area contributed by atoms with Crippen molar-refractivity contribution in [2.45, 2.75) is 64.0 Å². The maximum Gasteiger partial charge on any atom is 0.237 e. The van der Waals surface area contributed by atoms with E-state index in [1.54, 1.807) is 0 Å². The lowest BCUT2D eigenvalue weighted by molar-refractivity contribution is -0.124. The average molecular weight is 287 g/mol. The highest BCUT2D eigenvalue weighted by Crippen LogP contribution is 2.49. The highest BCUT2D eigenvalue weighted by molar-refractivity contribution is 5.85. The van der Waals surface area contributed by atoms with Crippen LogP contribution in [0.4, 0.5) is 0 Å². The minimum absolute atomic E-state index is 0. The highest BCUT2D eigenvalue weighted by Gasteiger charge is 2.42. The number of halogens is 1. The summed E-state index contributed by atoms with van der Waals surface area (Å²) in [6.07, 6.45) is 9.02. The molecule has 0 spiro atoms. The van der Waals surface area contributed by atoms with E-state index >= 15 is 0 Å². The Morgan fingerprint density at radius 3 is 2.63 bits per heavy atom. The average Bonchev–Trinajstić information content (AvgIpc) is 3.02. The van der Waals surface area contributed by atoms with Crippen LogP contribution >= 0.6 is 12.4 Å². The molecule has 1 amide bonds. The molecule has 2 saturated carbocycles. The third kappa shape index (κ3) is 3.25. The molecule has 4 unspecified atom stereocenters. The van der Waals surface area contributed by atoms with Crippen molar-refractivity contribution < 1.29 is 4.79 Å². The normalized spacial score (nSPS) is 38.6. The SMILES string of the molecule is CC(NC(=O)[C@H]1CCCCN1)C1CC2CCC1C2.Cl. The third-order valence-electron chi connectivity index (χ3n) is 5.43. The first-order chi connectivity index (χ1) is 8.74. The van der Waals surface area contributed by atoms with Crippen LogP contribution in [0.5, 0.6) is 0 Å². The number of hydrogen-bond acceptors (Lipinski definition) is 2. The Morgan fingerprint density at radius 2 is 2.05 bits per heavy atom. The van der Waals surface area contributed by atoms with Gasteiger partial charge in [-0.3, -0.25) is 4.79 Å². The smallest absolute Gasteiger partial charge is 0.237 e. The van der Waals surface area contributed by atoms with Gasteiger partial charge in [0, 0.05) is 6.04 Å². The van der Waals surface area contributed by atoms with Crippen LogP contribution < -0.4 is 10.6 Å². The monoisotopic (exact) mass is 286 g/mol. The molecule has 0 aromatic carbocycles. The molecule has 2 aliphatic carbocycles. The van der Waals surface area contributed by atoms with Gasteiger partial charge in [-0.05, 0) is 63.3 Å². The lowest BCUT2D eigenvalue weighted by Gasteiger charge is -2.31. The van der Waals surface area contributed by atoms with Crippen molar-refractivity contribution >= 4 is 18.3 Å². The predicted molar refractivity (Wildman–Crippen MR) is 79.4 cm³/mol. The molecular weight excluding hydrogens is 260 g/mol. The van der Waals surface area contributed by atoms with E-state index in [0.717, 1.165) is 30.7 Å². The summed E-state index contributed by atoms with van der Waals surface area (Å²) >= 11 is 0. The summed E-state index contributed by atoms with van der Waals surface area (Å²) in [6, 6.07) is 0.441. The minimum Gasteiger partial charge on any atom is -0.352 e. The predicted octanol–water partition coefficient (Wildman–Crippen LogP) is 2.49. The number of nitrogens with one attached hydrogen (secondary N) is 2. The zero-order valence-corrected chi connectivity index (χ0v) is 12.7. The van der Waals surface area contributed by atoms with Gasteiger partial charge in [0.1, 0.15) is 0 Å². The number of hydrogen-bond donors (Lipinski definition) is 2. The van der Waals surface area contributed by atoms with E-state index in [1.165, 1.54) is 38.5 Å². The largest absolute Gasteiger partial charge is 0.352 e. The van der Waals surface area contributed by atoms with Crippen molar-refractivity contribution in [2.24, 2.45) is 17.8 Å². The van der Waals surface area contributed by atoms with E-state index in [9.17, 15) is 4.79 Å². The van der Waals surface area contributed by atoms with Gasteiger partial charge in [-0.1, -0.05) is 12.8 Å². The van der Waals surface area contributed by atoms with E-state index in [4.69, 9.17) is 0 Å². The lowest BCUT2D eigenvalue weighted by atomic mass is 9.84. The van der Waals surface area contributed by atoms with Crippen LogP contribution in [0, 0.1) is 17.8 Å². The molecule has 4 heteroatoms. The summed E-state index contributed by atoms with van der Waals surface area (Å²) in [5, 5.41) is 6.61. The van der Waals surface area contributed by atoms with Gasteiger partial charge < -0.3 is 10.6 Å². The molecule has 1 aliphatic heterocycles. The number of rotatable bonds is 3. The molecule has 3 fully saturated rings. The molecule has 2 bridgehead atoms. The fraction of sp³-hybridized carbons (Fsp3) is 0.933. The number of piperidine rings is 1. The van der Waals surface area contributed by atoms with E-state index in [-0.39, 0.29) is 24.4 Å². The summed E-state index contributed by atoms with van der Waals surface area (Å²) < 4.78 is 0. The zero-order chi connectivity index (χ0) is 12.5. The van der Waals surface area contributed by atoms with Gasteiger partial charge in [0.05, 0.1) is 6.04 Å². The van der Waals surface area contributed by atoms with Crippen molar-refractivity contribution in [3.8, 4) is 0 Å². The number of carbonyl (C=O) groups excluding carboxylic acids is 1. The molecule has 5 atom stereocenters. The maximum absolute atomic E-state index is 12.2. The van der Waals surface area contributed by atoms with E-state index in [0.29, 0.717) is 6.04 Å². The molecule has 3 rings (SSSR count). The first kappa shape index (κ1) is 15.1.